The van der Waals surface area contributed by atoms with Gasteiger partial charge in [0.25, 0.3) is 15.7 Å². The standard InChI is InChI=1S/C17H19N5O7S/c1-8-2-4-9(5-3-8)30(26,27)28-6-10-12(23)13(24)16(29-10)22-7-19-11-14(22)20-17(18)21-15(11)25/h2-5,7,10,12-13,16,23-24H,6H2,1H3,(H3,18,20,21,25)/t10-,12+,13+,16-/m1/s1. The first-order valence-corrected chi connectivity index (χ1v) is 10.3. The molecule has 1 saturated heterocycles. The lowest BCUT2D eigenvalue weighted by atomic mass is 10.1. The van der Waals surface area contributed by atoms with Crippen molar-refractivity contribution in [3.05, 3.63) is 46.5 Å². The maximum Gasteiger partial charge on any atom is 0.297 e. The summed E-state index contributed by atoms with van der Waals surface area (Å²) in [6.07, 6.45) is -4.06. The highest BCUT2D eigenvalue weighted by molar-refractivity contribution is 7.86. The predicted molar refractivity (Wildman–Crippen MR) is 103 cm³/mol. The Kier molecular flexibility index (Phi) is 5.07. The summed E-state index contributed by atoms with van der Waals surface area (Å²) in [4.78, 5) is 22.1. The van der Waals surface area contributed by atoms with Gasteiger partial charge in [0, 0.05) is 0 Å². The zero-order valence-electron chi connectivity index (χ0n) is 15.7. The Bertz CT molecular complexity index is 1240. The normalized spacial score (nSPS) is 24.5. The molecule has 13 heteroatoms. The van der Waals surface area contributed by atoms with Gasteiger partial charge >= 0.3 is 0 Å². The van der Waals surface area contributed by atoms with Gasteiger partial charge in [0.05, 0.1) is 17.8 Å². The number of nitrogens with two attached hydrogens (primary N) is 1. The van der Waals surface area contributed by atoms with Crippen molar-refractivity contribution < 1.29 is 27.6 Å². The maximum absolute atomic E-state index is 12.3. The largest absolute Gasteiger partial charge is 0.387 e. The molecule has 0 aliphatic carbocycles. The molecule has 0 radical (unpaired) electrons. The number of rotatable bonds is 5. The summed E-state index contributed by atoms with van der Waals surface area (Å²) in [7, 11) is -4.09. The number of aryl methyl sites for hydroxylation is 1. The Morgan fingerprint density at radius 3 is 2.67 bits per heavy atom. The minimum Gasteiger partial charge on any atom is -0.387 e. The number of H-pyrrole nitrogens is 1. The second kappa shape index (κ2) is 7.45. The lowest BCUT2D eigenvalue weighted by Gasteiger charge is -2.16. The predicted octanol–water partition coefficient (Wildman–Crippen LogP) is -0.965. The fraction of sp³-hybridized carbons (Fsp3) is 0.353. The van der Waals surface area contributed by atoms with Crippen LogP contribution in [-0.2, 0) is 19.0 Å². The molecule has 5 N–H and O–H groups in total. The van der Waals surface area contributed by atoms with E-state index < -0.39 is 46.8 Å². The third kappa shape index (κ3) is 3.57. The summed E-state index contributed by atoms with van der Waals surface area (Å²) < 4.78 is 36.6. The van der Waals surface area contributed by atoms with E-state index in [2.05, 4.69) is 15.0 Å². The van der Waals surface area contributed by atoms with Crippen LogP contribution in [0.5, 0.6) is 0 Å². The van der Waals surface area contributed by atoms with Gasteiger partial charge in [0.1, 0.15) is 18.3 Å². The van der Waals surface area contributed by atoms with Gasteiger partial charge in [-0.2, -0.15) is 13.4 Å². The van der Waals surface area contributed by atoms with Gasteiger partial charge in [-0.15, -0.1) is 0 Å². The molecule has 0 saturated carbocycles. The van der Waals surface area contributed by atoms with Crippen molar-refractivity contribution >= 4 is 27.2 Å². The summed E-state index contributed by atoms with van der Waals surface area (Å²) in [6.45, 7) is 1.28. The van der Waals surface area contributed by atoms with E-state index in [1.54, 1.807) is 12.1 Å². The number of nitrogens with one attached hydrogen (secondary N) is 1. The smallest absolute Gasteiger partial charge is 0.297 e. The first-order chi connectivity index (χ1) is 14.2. The number of aliphatic hydroxyl groups is 2. The lowest BCUT2D eigenvalue weighted by molar-refractivity contribution is -0.0467. The fourth-order valence-corrected chi connectivity index (χ4v) is 4.07. The van der Waals surface area contributed by atoms with Crippen LogP contribution < -0.4 is 11.3 Å². The number of ether oxygens (including phenoxy) is 1. The lowest BCUT2D eigenvalue weighted by Crippen LogP contribution is -2.34. The molecule has 3 aromatic rings. The van der Waals surface area contributed by atoms with Crippen LogP contribution in [0, 0.1) is 6.92 Å². The Morgan fingerprint density at radius 2 is 1.97 bits per heavy atom. The molecule has 0 bridgehead atoms. The Labute approximate surface area is 170 Å². The minimum atomic E-state index is -4.09. The number of imidazole rings is 1. The summed E-state index contributed by atoms with van der Waals surface area (Å²) in [6, 6.07) is 6.06. The molecule has 2 aromatic heterocycles. The third-order valence-electron chi connectivity index (χ3n) is 4.76. The summed E-state index contributed by atoms with van der Waals surface area (Å²) in [5.41, 5.74) is 5.87. The molecule has 4 atom stereocenters. The van der Waals surface area contributed by atoms with E-state index in [1.165, 1.54) is 23.0 Å². The van der Waals surface area contributed by atoms with Gasteiger partial charge in [-0.25, -0.2) is 4.98 Å². The van der Waals surface area contributed by atoms with Crippen LogP contribution in [0.25, 0.3) is 11.2 Å². The number of hydrogen-bond acceptors (Lipinski definition) is 10. The molecule has 0 spiro atoms. The number of fused-ring (bicyclic) bond motifs is 1. The van der Waals surface area contributed by atoms with Crippen LogP contribution in [0.15, 0.2) is 40.3 Å². The molecular weight excluding hydrogens is 418 g/mol. The van der Waals surface area contributed by atoms with Gasteiger partial charge in [0.15, 0.2) is 17.4 Å². The van der Waals surface area contributed by atoms with E-state index in [0.29, 0.717) is 0 Å². The van der Waals surface area contributed by atoms with E-state index in [4.69, 9.17) is 14.7 Å². The Morgan fingerprint density at radius 1 is 1.27 bits per heavy atom. The number of aromatic nitrogens is 4. The van der Waals surface area contributed by atoms with Crippen LogP contribution in [0.1, 0.15) is 11.8 Å². The van der Waals surface area contributed by atoms with Gasteiger partial charge in [-0.3, -0.25) is 18.5 Å². The first kappa shape index (κ1) is 20.4. The van der Waals surface area contributed by atoms with Gasteiger partial charge in [0.2, 0.25) is 5.95 Å². The van der Waals surface area contributed by atoms with Crippen LogP contribution >= 0.6 is 0 Å². The zero-order valence-corrected chi connectivity index (χ0v) is 16.5. The number of aromatic amines is 1. The number of benzene rings is 1. The first-order valence-electron chi connectivity index (χ1n) is 8.87. The highest BCUT2D eigenvalue weighted by atomic mass is 32.2. The van der Waals surface area contributed by atoms with Crippen LogP contribution in [-0.4, -0.2) is 63.1 Å². The monoisotopic (exact) mass is 437 g/mol. The average molecular weight is 437 g/mol. The van der Waals surface area contributed by atoms with Crippen molar-refractivity contribution in [3.8, 4) is 0 Å². The summed E-state index contributed by atoms with van der Waals surface area (Å²) in [5.74, 6) is -0.161. The average Bonchev–Trinajstić information content (AvgIpc) is 3.22. The van der Waals surface area contributed by atoms with Crippen molar-refractivity contribution in [1.29, 1.82) is 0 Å². The fourth-order valence-electron chi connectivity index (χ4n) is 3.16. The molecule has 1 aliphatic heterocycles. The number of nitrogen functional groups attached to an aromatic ring is 1. The SMILES string of the molecule is Cc1ccc(S(=O)(=O)OC[C@H]2O[C@@H](n3cnc4c(=O)[nH]c(N)nc43)[C@@H](O)[C@H]2O)cc1. The second-order valence-corrected chi connectivity index (χ2v) is 8.49. The quantitative estimate of drug-likeness (QED) is 0.362. The molecule has 0 amide bonds. The molecule has 0 unspecified atom stereocenters. The minimum absolute atomic E-state index is 0.0314. The Balaban J connectivity index is 1.54. The third-order valence-corrected chi connectivity index (χ3v) is 6.06. The highest BCUT2D eigenvalue weighted by Gasteiger charge is 2.45. The molecule has 30 heavy (non-hydrogen) atoms. The summed E-state index contributed by atoms with van der Waals surface area (Å²) in [5, 5.41) is 20.7. The van der Waals surface area contributed by atoms with Crippen molar-refractivity contribution in [3.63, 3.8) is 0 Å². The van der Waals surface area contributed by atoms with Gasteiger partial charge < -0.3 is 20.7 Å². The molecule has 4 rings (SSSR count). The molecule has 1 aromatic carbocycles. The maximum atomic E-state index is 12.3. The van der Waals surface area contributed by atoms with Crippen molar-refractivity contribution in [2.24, 2.45) is 0 Å². The molecule has 12 nitrogen and oxygen atoms in total. The number of anilines is 1. The zero-order chi connectivity index (χ0) is 21.6. The van der Waals surface area contributed by atoms with Gasteiger partial charge in [-0.1, -0.05) is 17.7 Å². The van der Waals surface area contributed by atoms with Crippen molar-refractivity contribution in [2.75, 3.05) is 12.3 Å². The second-order valence-electron chi connectivity index (χ2n) is 6.87. The van der Waals surface area contributed by atoms with E-state index in [-0.39, 0.29) is 22.0 Å². The molecule has 1 fully saturated rings. The van der Waals surface area contributed by atoms with E-state index in [1.807, 2.05) is 6.92 Å². The number of nitrogens with zero attached hydrogens (tertiary/aromatic N) is 3. The van der Waals surface area contributed by atoms with Crippen LogP contribution in [0.2, 0.25) is 0 Å². The number of hydrogen-bond donors (Lipinski definition) is 4. The van der Waals surface area contributed by atoms with Crippen molar-refractivity contribution in [1.82, 2.24) is 19.5 Å². The van der Waals surface area contributed by atoms with Crippen LogP contribution in [0.4, 0.5) is 5.95 Å². The Hall–Kier alpha value is -2.84. The molecule has 160 valence electrons. The van der Waals surface area contributed by atoms with Crippen molar-refractivity contribution in [2.45, 2.75) is 36.4 Å². The van der Waals surface area contributed by atoms with E-state index in [0.717, 1.165) is 5.56 Å². The molecular formula is C17H19N5O7S. The highest BCUT2D eigenvalue weighted by Crippen LogP contribution is 2.31. The topological polar surface area (TPSA) is 183 Å². The molecule has 1 aliphatic rings. The molecule has 3 heterocycles. The van der Waals surface area contributed by atoms with Gasteiger partial charge in [-0.05, 0) is 19.1 Å². The van der Waals surface area contributed by atoms with Crippen LogP contribution in [0.3, 0.4) is 0 Å². The number of aliphatic hydroxyl groups excluding tert-OH is 2. The summed E-state index contributed by atoms with van der Waals surface area (Å²) >= 11 is 0. The van der Waals surface area contributed by atoms with E-state index >= 15 is 0 Å². The van der Waals surface area contributed by atoms with E-state index in [9.17, 15) is 23.4 Å².